The molecule has 1 atom stereocenters. The van der Waals surface area contributed by atoms with Crippen LogP contribution in [0.15, 0.2) is 12.4 Å². The second-order valence-corrected chi connectivity index (χ2v) is 5.96. The largest absolute Gasteiger partial charge is 0.381 e. The fraction of sp³-hybridized carbons (Fsp3) is 0.765. The fourth-order valence-corrected chi connectivity index (χ4v) is 3.07. The van der Waals surface area contributed by atoms with Gasteiger partial charge in [0.1, 0.15) is 5.82 Å². The van der Waals surface area contributed by atoms with Crippen LogP contribution in [0.2, 0.25) is 0 Å². The van der Waals surface area contributed by atoms with Crippen LogP contribution >= 0.6 is 0 Å². The van der Waals surface area contributed by atoms with Crippen molar-refractivity contribution in [3.05, 3.63) is 18.2 Å². The van der Waals surface area contributed by atoms with Crippen LogP contribution in [0.3, 0.4) is 0 Å². The van der Waals surface area contributed by atoms with Gasteiger partial charge in [0.15, 0.2) is 0 Å². The van der Waals surface area contributed by atoms with E-state index in [1.165, 1.54) is 12.8 Å². The Morgan fingerprint density at radius 1 is 1.45 bits per heavy atom. The van der Waals surface area contributed by atoms with Crippen LogP contribution in [-0.4, -0.2) is 46.7 Å². The third-order valence-corrected chi connectivity index (χ3v) is 4.30. The SMILES string of the molecule is CCCCn1ccnc1C1CCCN(C(=O)CCOCC)C1. The number of likely N-dealkylation sites (tertiary alicyclic amines) is 1. The molecule has 5 nitrogen and oxygen atoms in total. The Labute approximate surface area is 133 Å². The number of carbonyl (C=O) groups excluding carboxylic acids is 1. The van der Waals surface area contributed by atoms with Crippen LogP contribution in [-0.2, 0) is 16.1 Å². The second kappa shape index (κ2) is 8.93. The van der Waals surface area contributed by atoms with Crippen molar-refractivity contribution in [1.82, 2.24) is 14.5 Å². The molecule has 2 rings (SSSR count). The van der Waals surface area contributed by atoms with Gasteiger partial charge in [-0.25, -0.2) is 4.98 Å². The van der Waals surface area contributed by atoms with E-state index in [2.05, 4.69) is 22.7 Å². The Hall–Kier alpha value is -1.36. The van der Waals surface area contributed by atoms with E-state index in [4.69, 9.17) is 4.74 Å². The Balaban J connectivity index is 1.92. The third-order valence-electron chi connectivity index (χ3n) is 4.30. The van der Waals surface area contributed by atoms with Gasteiger partial charge in [0.05, 0.1) is 13.0 Å². The minimum atomic E-state index is 0.213. The van der Waals surface area contributed by atoms with Gasteiger partial charge in [0.2, 0.25) is 5.91 Å². The van der Waals surface area contributed by atoms with Gasteiger partial charge < -0.3 is 14.2 Å². The predicted molar refractivity (Wildman–Crippen MR) is 86.8 cm³/mol. The third kappa shape index (κ3) is 4.57. The Kier molecular flexibility index (Phi) is 6.90. The van der Waals surface area contributed by atoms with Crippen LogP contribution in [0.25, 0.3) is 0 Å². The first-order valence-electron chi connectivity index (χ1n) is 8.62. The van der Waals surface area contributed by atoms with Crippen molar-refractivity contribution in [2.75, 3.05) is 26.3 Å². The summed E-state index contributed by atoms with van der Waals surface area (Å²) in [5, 5.41) is 0. The number of imidazole rings is 1. The molecule has 0 radical (unpaired) electrons. The van der Waals surface area contributed by atoms with Crippen LogP contribution in [0.4, 0.5) is 0 Å². The average Bonchev–Trinajstić information content (AvgIpc) is 3.01. The highest BCUT2D eigenvalue weighted by Gasteiger charge is 2.27. The summed E-state index contributed by atoms with van der Waals surface area (Å²) in [6.45, 7) is 8.06. The number of amides is 1. The lowest BCUT2D eigenvalue weighted by Crippen LogP contribution is -2.40. The zero-order chi connectivity index (χ0) is 15.8. The summed E-state index contributed by atoms with van der Waals surface area (Å²) < 4.78 is 7.56. The summed E-state index contributed by atoms with van der Waals surface area (Å²) in [4.78, 5) is 18.8. The van der Waals surface area contributed by atoms with E-state index in [-0.39, 0.29) is 5.91 Å². The molecule has 2 heterocycles. The molecular formula is C17H29N3O2. The first-order chi connectivity index (χ1) is 10.8. The van der Waals surface area contributed by atoms with Gasteiger partial charge in [-0.1, -0.05) is 13.3 Å². The van der Waals surface area contributed by atoms with Crippen molar-refractivity contribution in [2.24, 2.45) is 0 Å². The molecule has 0 bridgehead atoms. The summed E-state index contributed by atoms with van der Waals surface area (Å²) in [6.07, 6.45) is 8.99. The maximum Gasteiger partial charge on any atom is 0.224 e. The molecule has 1 amide bonds. The molecule has 1 aromatic heterocycles. The van der Waals surface area contributed by atoms with E-state index < -0.39 is 0 Å². The molecule has 1 fully saturated rings. The van der Waals surface area contributed by atoms with Gasteiger partial charge in [0.25, 0.3) is 0 Å². The van der Waals surface area contributed by atoms with Gasteiger partial charge in [0, 0.05) is 44.6 Å². The van der Waals surface area contributed by atoms with Crippen molar-refractivity contribution in [2.45, 2.75) is 58.4 Å². The summed E-state index contributed by atoms with van der Waals surface area (Å²) in [5.41, 5.74) is 0. The fourth-order valence-electron chi connectivity index (χ4n) is 3.07. The van der Waals surface area contributed by atoms with Crippen molar-refractivity contribution < 1.29 is 9.53 Å². The van der Waals surface area contributed by atoms with Crippen LogP contribution in [0.1, 0.15) is 57.7 Å². The normalized spacial score (nSPS) is 18.6. The van der Waals surface area contributed by atoms with Gasteiger partial charge in [-0.2, -0.15) is 0 Å². The van der Waals surface area contributed by atoms with Gasteiger partial charge in [-0.3, -0.25) is 4.79 Å². The lowest BCUT2D eigenvalue weighted by atomic mass is 9.96. The number of unbranched alkanes of at least 4 members (excludes halogenated alkanes) is 1. The van der Waals surface area contributed by atoms with E-state index in [0.717, 1.165) is 38.3 Å². The van der Waals surface area contributed by atoms with E-state index in [1.54, 1.807) is 0 Å². The standard InChI is InChI=1S/C17H29N3O2/c1-3-5-10-19-12-9-18-17(19)15-7-6-11-20(14-15)16(21)8-13-22-4-2/h9,12,15H,3-8,10-11,13-14H2,1-2H3. The van der Waals surface area contributed by atoms with E-state index in [0.29, 0.717) is 25.6 Å². The molecule has 1 unspecified atom stereocenters. The minimum absolute atomic E-state index is 0.213. The van der Waals surface area contributed by atoms with Gasteiger partial charge in [-0.15, -0.1) is 0 Å². The molecule has 124 valence electrons. The Morgan fingerprint density at radius 2 is 2.32 bits per heavy atom. The zero-order valence-electron chi connectivity index (χ0n) is 14.0. The highest BCUT2D eigenvalue weighted by Crippen LogP contribution is 2.26. The monoisotopic (exact) mass is 307 g/mol. The van der Waals surface area contributed by atoms with Crippen LogP contribution < -0.4 is 0 Å². The molecule has 0 aliphatic carbocycles. The Bertz CT molecular complexity index is 459. The van der Waals surface area contributed by atoms with Gasteiger partial charge >= 0.3 is 0 Å². The topological polar surface area (TPSA) is 47.4 Å². The molecule has 0 aromatic carbocycles. The number of rotatable bonds is 8. The van der Waals surface area contributed by atoms with Crippen molar-refractivity contribution in [3.8, 4) is 0 Å². The zero-order valence-corrected chi connectivity index (χ0v) is 14.0. The molecule has 1 aliphatic heterocycles. The number of aromatic nitrogens is 2. The average molecular weight is 307 g/mol. The number of hydrogen-bond acceptors (Lipinski definition) is 3. The molecule has 1 aliphatic rings. The highest BCUT2D eigenvalue weighted by molar-refractivity contribution is 5.76. The molecule has 5 heteroatoms. The Morgan fingerprint density at radius 3 is 3.09 bits per heavy atom. The molecular weight excluding hydrogens is 278 g/mol. The first kappa shape index (κ1) is 17.0. The van der Waals surface area contributed by atoms with E-state index in [9.17, 15) is 4.79 Å². The first-order valence-corrected chi connectivity index (χ1v) is 8.62. The smallest absolute Gasteiger partial charge is 0.224 e. The molecule has 0 N–H and O–H groups in total. The quantitative estimate of drug-likeness (QED) is 0.694. The van der Waals surface area contributed by atoms with Gasteiger partial charge in [-0.05, 0) is 26.2 Å². The molecule has 1 saturated heterocycles. The number of aryl methyl sites for hydroxylation is 1. The lowest BCUT2D eigenvalue weighted by Gasteiger charge is -2.32. The number of nitrogens with zero attached hydrogens (tertiary/aromatic N) is 3. The summed E-state index contributed by atoms with van der Waals surface area (Å²) in [5.74, 6) is 1.73. The van der Waals surface area contributed by atoms with Crippen LogP contribution in [0.5, 0.6) is 0 Å². The van der Waals surface area contributed by atoms with Crippen molar-refractivity contribution in [3.63, 3.8) is 0 Å². The van der Waals surface area contributed by atoms with Crippen molar-refractivity contribution >= 4 is 5.91 Å². The summed E-state index contributed by atoms with van der Waals surface area (Å²) >= 11 is 0. The molecule has 0 saturated carbocycles. The molecule has 22 heavy (non-hydrogen) atoms. The maximum atomic E-state index is 12.3. The predicted octanol–water partition coefficient (Wildman–Crippen LogP) is 2.82. The number of hydrogen-bond donors (Lipinski definition) is 0. The molecule has 0 spiro atoms. The maximum absolute atomic E-state index is 12.3. The lowest BCUT2D eigenvalue weighted by molar-refractivity contribution is -0.133. The number of ether oxygens (including phenoxy) is 1. The van der Waals surface area contributed by atoms with E-state index in [1.807, 2.05) is 18.0 Å². The number of carbonyl (C=O) groups is 1. The summed E-state index contributed by atoms with van der Waals surface area (Å²) in [7, 11) is 0. The number of piperidine rings is 1. The second-order valence-electron chi connectivity index (χ2n) is 5.96. The van der Waals surface area contributed by atoms with Crippen molar-refractivity contribution in [1.29, 1.82) is 0 Å². The van der Waals surface area contributed by atoms with E-state index >= 15 is 0 Å². The molecule has 1 aromatic rings. The minimum Gasteiger partial charge on any atom is -0.381 e. The summed E-state index contributed by atoms with van der Waals surface area (Å²) in [6, 6.07) is 0. The van der Waals surface area contributed by atoms with Crippen LogP contribution in [0, 0.1) is 0 Å². The highest BCUT2D eigenvalue weighted by atomic mass is 16.5.